The smallest absolute Gasteiger partial charge is 0.273 e. The van der Waals surface area contributed by atoms with E-state index in [1.165, 1.54) is 12.1 Å². The van der Waals surface area contributed by atoms with Crippen LogP contribution in [0, 0.1) is 11.7 Å². The highest BCUT2D eigenvalue weighted by Crippen LogP contribution is 2.35. The fraction of sp³-hybridized carbons (Fsp3) is 0.375. The summed E-state index contributed by atoms with van der Waals surface area (Å²) >= 11 is 5.87. The van der Waals surface area contributed by atoms with Gasteiger partial charge in [0.15, 0.2) is 0 Å². The molecule has 2 aromatic heterocycles. The predicted octanol–water partition coefficient (Wildman–Crippen LogP) is 4.21. The number of rotatable bonds is 2. The summed E-state index contributed by atoms with van der Waals surface area (Å²) in [5.41, 5.74) is 2.12. The van der Waals surface area contributed by atoms with Crippen molar-refractivity contribution in [1.82, 2.24) is 19.8 Å². The van der Waals surface area contributed by atoms with Crippen molar-refractivity contribution in [2.75, 3.05) is 13.1 Å². The van der Waals surface area contributed by atoms with Gasteiger partial charge in [0.1, 0.15) is 23.2 Å². The lowest BCUT2D eigenvalue weighted by atomic mass is 10.0. The Hall–Kier alpha value is -2.93. The van der Waals surface area contributed by atoms with Gasteiger partial charge >= 0.3 is 0 Å². The van der Waals surface area contributed by atoms with Crippen LogP contribution in [-0.2, 0) is 10.3 Å². The summed E-state index contributed by atoms with van der Waals surface area (Å²) in [6.07, 6.45) is 2.74. The molecule has 1 N–H and O–H groups in total. The van der Waals surface area contributed by atoms with Crippen LogP contribution in [0.1, 0.15) is 37.7 Å². The molecule has 166 valence electrons. The lowest BCUT2D eigenvalue weighted by Crippen LogP contribution is -2.42. The fourth-order valence-electron chi connectivity index (χ4n) is 4.76. The van der Waals surface area contributed by atoms with Crippen molar-refractivity contribution in [3.8, 4) is 11.1 Å². The van der Waals surface area contributed by atoms with Gasteiger partial charge in [-0.05, 0) is 57.0 Å². The Morgan fingerprint density at radius 2 is 2.03 bits per heavy atom. The van der Waals surface area contributed by atoms with Gasteiger partial charge < -0.3 is 14.8 Å². The van der Waals surface area contributed by atoms with Crippen molar-refractivity contribution in [3.63, 3.8) is 0 Å². The van der Waals surface area contributed by atoms with Crippen LogP contribution in [0.25, 0.3) is 22.2 Å². The number of pyridine rings is 1. The summed E-state index contributed by atoms with van der Waals surface area (Å²) in [7, 11) is 0. The van der Waals surface area contributed by atoms with E-state index in [0.717, 1.165) is 17.4 Å². The SMILES string of the molecule is CC(C)(C)n1cc(-c2ccc(Cl)c(F)c2)c2ccc(C(=O)N3CC[C@H]4CNC(=O)[C@H]43)nc21. The summed E-state index contributed by atoms with van der Waals surface area (Å²) in [5.74, 6) is -0.650. The number of nitrogens with one attached hydrogen (secondary N) is 1. The van der Waals surface area contributed by atoms with Crippen molar-refractivity contribution in [1.29, 1.82) is 0 Å². The average molecular weight is 455 g/mol. The molecule has 2 aliphatic rings. The largest absolute Gasteiger partial charge is 0.354 e. The molecular weight excluding hydrogens is 431 g/mol. The van der Waals surface area contributed by atoms with Crippen molar-refractivity contribution in [2.24, 2.45) is 5.92 Å². The third-order valence-corrected chi connectivity index (χ3v) is 6.72. The molecule has 2 saturated heterocycles. The Kier molecular flexibility index (Phi) is 4.78. The van der Waals surface area contributed by atoms with Gasteiger partial charge in [0, 0.05) is 41.7 Å². The molecule has 4 heterocycles. The zero-order valence-corrected chi connectivity index (χ0v) is 18.9. The van der Waals surface area contributed by atoms with Gasteiger partial charge in [-0.3, -0.25) is 9.59 Å². The van der Waals surface area contributed by atoms with E-state index in [9.17, 15) is 14.0 Å². The van der Waals surface area contributed by atoms with Crippen LogP contribution < -0.4 is 5.32 Å². The Labute approximate surface area is 190 Å². The second-order valence-electron chi connectivity index (χ2n) is 9.52. The first-order valence-corrected chi connectivity index (χ1v) is 11.1. The van der Waals surface area contributed by atoms with Crippen LogP contribution >= 0.6 is 11.6 Å². The quantitative estimate of drug-likeness (QED) is 0.630. The zero-order valence-electron chi connectivity index (χ0n) is 18.2. The van der Waals surface area contributed by atoms with E-state index in [1.54, 1.807) is 17.0 Å². The van der Waals surface area contributed by atoms with Gasteiger partial charge in [0.05, 0.1) is 5.02 Å². The van der Waals surface area contributed by atoms with Gasteiger partial charge in [0.25, 0.3) is 5.91 Å². The first-order chi connectivity index (χ1) is 15.1. The third-order valence-electron chi connectivity index (χ3n) is 6.42. The second kappa shape index (κ2) is 7.30. The highest BCUT2D eigenvalue weighted by atomic mass is 35.5. The lowest BCUT2D eigenvalue weighted by Gasteiger charge is -2.23. The molecule has 3 aromatic rings. The highest BCUT2D eigenvalue weighted by molar-refractivity contribution is 6.30. The molecule has 8 heteroatoms. The molecule has 0 saturated carbocycles. The number of halogens is 2. The number of nitrogens with zero attached hydrogens (tertiary/aromatic N) is 3. The molecule has 32 heavy (non-hydrogen) atoms. The van der Waals surface area contributed by atoms with Gasteiger partial charge in [-0.15, -0.1) is 0 Å². The van der Waals surface area contributed by atoms with Crippen LogP contribution in [0.5, 0.6) is 0 Å². The summed E-state index contributed by atoms with van der Waals surface area (Å²) in [5, 5.41) is 3.73. The molecule has 0 spiro atoms. The van der Waals surface area contributed by atoms with Crippen LogP contribution in [0.4, 0.5) is 4.39 Å². The standard InChI is InChI=1S/C24H24ClFN4O2/c1-24(2,3)30-12-16(13-4-6-17(25)18(26)10-13)15-5-7-19(28-21(15)30)23(32)29-9-8-14-11-27-22(31)20(14)29/h4-7,10,12,14,20H,8-9,11H2,1-3H3,(H,27,31)/t14-,20-/m0/s1. The van der Waals surface area contributed by atoms with E-state index in [0.29, 0.717) is 30.0 Å². The van der Waals surface area contributed by atoms with E-state index >= 15 is 0 Å². The Balaban J connectivity index is 1.61. The molecule has 2 atom stereocenters. The number of fused-ring (bicyclic) bond motifs is 2. The van der Waals surface area contributed by atoms with E-state index in [-0.39, 0.29) is 28.3 Å². The summed E-state index contributed by atoms with van der Waals surface area (Å²) in [6, 6.07) is 7.84. The normalized spacial score (nSPS) is 20.7. The molecule has 0 radical (unpaired) electrons. The average Bonchev–Trinajstić information content (AvgIpc) is 3.43. The minimum Gasteiger partial charge on any atom is -0.354 e. The van der Waals surface area contributed by atoms with E-state index < -0.39 is 11.9 Å². The van der Waals surface area contributed by atoms with Gasteiger partial charge in [-0.1, -0.05) is 17.7 Å². The molecule has 1 aromatic carbocycles. The number of hydrogen-bond acceptors (Lipinski definition) is 3. The summed E-state index contributed by atoms with van der Waals surface area (Å²) < 4.78 is 16.1. The van der Waals surface area contributed by atoms with E-state index in [2.05, 4.69) is 5.32 Å². The van der Waals surface area contributed by atoms with Crippen molar-refractivity contribution in [2.45, 2.75) is 38.8 Å². The van der Waals surface area contributed by atoms with Crippen molar-refractivity contribution < 1.29 is 14.0 Å². The Morgan fingerprint density at radius 3 is 2.75 bits per heavy atom. The molecular formula is C24H24ClFN4O2. The first-order valence-electron chi connectivity index (χ1n) is 10.7. The van der Waals surface area contributed by atoms with Gasteiger partial charge in [-0.25, -0.2) is 9.37 Å². The topological polar surface area (TPSA) is 67.2 Å². The molecule has 0 bridgehead atoms. The molecule has 0 unspecified atom stereocenters. The minimum absolute atomic E-state index is 0.0687. The van der Waals surface area contributed by atoms with E-state index in [4.69, 9.17) is 16.6 Å². The number of amides is 2. The van der Waals surface area contributed by atoms with Crippen LogP contribution in [0.2, 0.25) is 5.02 Å². The maximum Gasteiger partial charge on any atom is 0.273 e. The van der Waals surface area contributed by atoms with E-state index in [1.807, 2.05) is 37.6 Å². The van der Waals surface area contributed by atoms with Gasteiger partial charge in [0.2, 0.25) is 5.91 Å². The number of aromatic nitrogens is 2. The van der Waals surface area contributed by atoms with Gasteiger partial charge in [-0.2, -0.15) is 0 Å². The molecule has 5 rings (SSSR count). The maximum atomic E-state index is 14.1. The first kappa shape index (κ1) is 20.9. The summed E-state index contributed by atoms with van der Waals surface area (Å²) in [4.78, 5) is 31.9. The monoisotopic (exact) mass is 454 g/mol. The molecule has 0 aliphatic carbocycles. The maximum absolute atomic E-state index is 14.1. The summed E-state index contributed by atoms with van der Waals surface area (Å²) in [6.45, 7) is 7.30. The Morgan fingerprint density at radius 1 is 1.25 bits per heavy atom. The molecule has 6 nitrogen and oxygen atoms in total. The molecule has 2 fully saturated rings. The number of benzene rings is 1. The number of hydrogen-bond donors (Lipinski definition) is 1. The Bertz CT molecular complexity index is 1260. The van der Waals surface area contributed by atoms with Crippen molar-refractivity contribution >= 4 is 34.4 Å². The minimum atomic E-state index is -0.487. The third kappa shape index (κ3) is 3.26. The highest BCUT2D eigenvalue weighted by Gasteiger charge is 2.46. The zero-order chi connectivity index (χ0) is 22.8. The molecule has 2 aliphatic heterocycles. The van der Waals surface area contributed by atoms with Crippen LogP contribution in [0.3, 0.4) is 0 Å². The number of carbonyl (C=O) groups excluding carboxylic acids is 2. The lowest BCUT2D eigenvalue weighted by molar-refractivity contribution is -0.122. The fourth-order valence-corrected chi connectivity index (χ4v) is 4.88. The number of likely N-dealkylation sites (tertiary alicyclic amines) is 1. The second-order valence-corrected chi connectivity index (χ2v) is 9.92. The molecule has 2 amide bonds. The predicted molar refractivity (Wildman–Crippen MR) is 121 cm³/mol. The van der Waals surface area contributed by atoms with Crippen molar-refractivity contribution in [3.05, 3.63) is 53.1 Å². The number of carbonyl (C=O) groups is 2. The van der Waals surface area contributed by atoms with Crippen LogP contribution in [-0.4, -0.2) is 45.4 Å². The van der Waals surface area contributed by atoms with Crippen LogP contribution in [0.15, 0.2) is 36.5 Å².